The maximum atomic E-state index is 6.47. The maximum Gasteiger partial charge on any atom is 0.113 e. The second-order valence-corrected chi connectivity index (χ2v) is 9.40. The van der Waals surface area contributed by atoms with Crippen LogP contribution in [0.15, 0.2) is 84.9 Å². The van der Waals surface area contributed by atoms with Gasteiger partial charge in [0.25, 0.3) is 0 Å². The molecule has 2 aliphatic carbocycles. The van der Waals surface area contributed by atoms with Gasteiger partial charge < -0.3 is 0 Å². The van der Waals surface area contributed by atoms with Crippen molar-refractivity contribution >= 4 is 24.9 Å². The van der Waals surface area contributed by atoms with Crippen LogP contribution in [0.4, 0.5) is 0 Å². The van der Waals surface area contributed by atoms with Crippen molar-refractivity contribution in [3.63, 3.8) is 0 Å². The lowest BCUT2D eigenvalue weighted by Gasteiger charge is -2.46. The molecule has 0 atom stereocenters. The largest absolute Gasteiger partial charge is 0.113 e. The molecule has 0 aliphatic heterocycles. The molecule has 142 valence electrons. The van der Waals surface area contributed by atoms with Crippen LogP contribution in [-0.2, 0) is 10.8 Å². The summed E-state index contributed by atoms with van der Waals surface area (Å²) in [6.45, 7) is 4.66. The van der Waals surface area contributed by atoms with Crippen LogP contribution >= 0.6 is 11.6 Å². The highest BCUT2D eigenvalue weighted by Gasteiger charge is 2.53. The number of fused-ring (bicyclic) bond motifs is 9. The molecule has 4 aromatic carbocycles. The standard InChI is InChI=1S/C28H20BCl/c1-27(2)23-7-3-5-9-25(23)28(26-10-6-4-8-24(26)27)21-13-11-17(29)15-19(21)20-16-18(30)12-14-22(20)28/h3-16H,1-2H3. The minimum Gasteiger partial charge on any atom is -0.0960 e. The molecule has 0 saturated carbocycles. The van der Waals surface area contributed by atoms with E-state index in [-0.39, 0.29) is 10.8 Å². The zero-order valence-corrected chi connectivity index (χ0v) is 17.8. The number of halogens is 1. The van der Waals surface area contributed by atoms with Crippen molar-refractivity contribution in [2.45, 2.75) is 24.7 Å². The highest BCUT2D eigenvalue weighted by Crippen LogP contribution is 2.61. The molecule has 0 saturated heterocycles. The normalized spacial score (nSPS) is 16.5. The summed E-state index contributed by atoms with van der Waals surface area (Å²) in [7, 11) is 6.24. The predicted octanol–water partition coefficient (Wildman–Crippen LogP) is 6.14. The predicted molar refractivity (Wildman–Crippen MR) is 126 cm³/mol. The molecule has 6 rings (SSSR count). The molecule has 0 N–H and O–H groups in total. The third-order valence-electron chi connectivity index (χ3n) is 7.13. The molecule has 0 aromatic heterocycles. The summed E-state index contributed by atoms with van der Waals surface area (Å²) in [6, 6.07) is 30.5. The Bertz CT molecular complexity index is 1250. The quantitative estimate of drug-likeness (QED) is 0.273. The first-order valence-corrected chi connectivity index (χ1v) is 10.7. The van der Waals surface area contributed by atoms with Crippen LogP contribution in [0.2, 0.25) is 5.02 Å². The molecule has 0 fully saturated rings. The Morgan fingerprint density at radius 2 is 1.10 bits per heavy atom. The van der Waals surface area contributed by atoms with E-state index in [0.29, 0.717) is 0 Å². The van der Waals surface area contributed by atoms with Crippen molar-refractivity contribution in [1.82, 2.24) is 0 Å². The zero-order valence-electron chi connectivity index (χ0n) is 17.0. The highest BCUT2D eigenvalue weighted by molar-refractivity contribution is 6.33. The van der Waals surface area contributed by atoms with Gasteiger partial charge in [0.05, 0.1) is 5.41 Å². The van der Waals surface area contributed by atoms with Gasteiger partial charge in [-0.15, -0.1) is 0 Å². The van der Waals surface area contributed by atoms with Crippen molar-refractivity contribution in [3.8, 4) is 11.1 Å². The van der Waals surface area contributed by atoms with Crippen LogP contribution in [0.3, 0.4) is 0 Å². The molecule has 2 aliphatic rings. The van der Waals surface area contributed by atoms with Gasteiger partial charge in [0.15, 0.2) is 0 Å². The molecule has 0 amide bonds. The van der Waals surface area contributed by atoms with Crippen molar-refractivity contribution in [1.29, 1.82) is 0 Å². The SMILES string of the molecule is [B]c1ccc2c(c1)-c1cc(Cl)ccc1C21c2ccccc2C(C)(C)c2ccccc21. The smallest absolute Gasteiger partial charge is 0.0960 e. The van der Waals surface area contributed by atoms with E-state index in [2.05, 4.69) is 86.6 Å². The van der Waals surface area contributed by atoms with Crippen LogP contribution in [-0.4, -0.2) is 7.85 Å². The highest BCUT2D eigenvalue weighted by atomic mass is 35.5. The van der Waals surface area contributed by atoms with E-state index >= 15 is 0 Å². The Labute approximate surface area is 184 Å². The Morgan fingerprint density at radius 3 is 1.70 bits per heavy atom. The fourth-order valence-electron chi connectivity index (χ4n) is 5.90. The fourth-order valence-corrected chi connectivity index (χ4v) is 6.08. The molecule has 1 spiro atoms. The summed E-state index contributed by atoms with van der Waals surface area (Å²) in [6.07, 6.45) is 0. The summed E-state index contributed by atoms with van der Waals surface area (Å²) < 4.78 is 0. The van der Waals surface area contributed by atoms with E-state index in [1.807, 2.05) is 12.1 Å². The average Bonchev–Trinajstić information content (AvgIpc) is 3.02. The molecule has 0 bridgehead atoms. The first kappa shape index (κ1) is 18.0. The van der Waals surface area contributed by atoms with Crippen LogP contribution in [0.5, 0.6) is 0 Å². The van der Waals surface area contributed by atoms with Crippen molar-refractivity contribution in [2.75, 3.05) is 0 Å². The molecule has 0 unspecified atom stereocenters. The molecule has 30 heavy (non-hydrogen) atoms. The summed E-state index contributed by atoms with van der Waals surface area (Å²) in [4.78, 5) is 0. The molecular weight excluding hydrogens is 383 g/mol. The Kier molecular flexibility index (Phi) is 3.54. The molecule has 0 heterocycles. The van der Waals surface area contributed by atoms with Crippen molar-refractivity contribution in [3.05, 3.63) is 123 Å². The molecule has 0 nitrogen and oxygen atoms in total. The number of rotatable bonds is 0. The third kappa shape index (κ3) is 2.04. The van der Waals surface area contributed by atoms with E-state index in [1.165, 1.54) is 44.5 Å². The summed E-state index contributed by atoms with van der Waals surface area (Å²) in [5.41, 5.74) is 10.7. The second-order valence-electron chi connectivity index (χ2n) is 8.96. The molecule has 2 radical (unpaired) electrons. The van der Waals surface area contributed by atoms with Crippen LogP contribution in [0.25, 0.3) is 11.1 Å². The first-order chi connectivity index (χ1) is 14.5. The van der Waals surface area contributed by atoms with Crippen LogP contribution < -0.4 is 5.46 Å². The van der Waals surface area contributed by atoms with E-state index in [4.69, 9.17) is 19.4 Å². The van der Waals surface area contributed by atoms with E-state index in [0.717, 1.165) is 10.5 Å². The lowest BCUT2D eigenvalue weighted by Crippen LogP contribution is -2.40. The van der Waals surface area contributed by atoms with E-state index < -0.39 is 0 Å². The van der Waals surface area contributed by atoms with Gasteiger partial charge in [-0.2, -0.15) is 0 Å². The number of hydrogen-bond acceptors (Lipinski definition) is 0. The topological polar surface area (TPSA) is 0 Å². The van der Waals surface area contributed by atoms with Gasteiger partial charge >= 0.3 is 0 Å². The molecular formula is C28H20BCl. The number of hydrogen-bond donors (Lipinski definition) is 0. The monoisotopic (exact) mass is 402 g/mol. The minimum atomic E-state index is -0.369. The van der Waals surface area contributed by atoms with Gasteiger partial charge in [0.2, 0.25) is 0 Å². The Morgan fingerprint density at radius 1 is 0.600 bits per heavy atom. The minimum absolute atomic E-state index is 0.0818. The maximum absolute atomic E-state index is 6.47. The molecule has 4 aromatic rings. The van der Waals surface area contributed by atoms with Gasteiger partial charge in [0, 0.05) is 10.4 Å². The Hall–Kier alpha value is -2.77. The molecule has 2 heteroatoms. The summed E-state index contributed by atoms with van der Waals surface area (Å²) in [5, 5.41) is 0.747. The van der Waals surface area contributed by atoms with Gasteiger partial charge in [-0.25, -0.2) is 0 Å². The van der Waals surface area contributed by atoms with Crippen molar-refractivity contribution < 1.29 is 0 Å². The van der Waals surface area contributed by atoms with E-state index in [9.17, 15) is 0 Å². The van der Waals surface area contributed by atoms with Gasteiger partial charge in [-0.1, -0.05) is 104 Å². The van der Waals surface area contributed by atoms with E-state index in [1.54, 1.807) is 0 Å². The average molecular weight is 403 g/mol. The third-order valence-corrected chi connectivity index (χ3v) is 7.37. The lowest BCUT2D eigenvalue weighted by atomic mass is 9.55. The Balaban J connectivity index is 1.87. The van der Waals surface area contributed by atoms with Crippen LogP contribution in [0, 0.1) is 0 Å². The van der Waals surface area contributed by atoms with Gasteiger partial charge in [0.1, 0.15) is 7.85 Å². The van der Waals surface area contributed by atoms with Gasteiger partial charge in [-0.05, 0) is 56.6 Å². The fraction of sp³-hybridized carbons (Fsp3) is 0.143. The number of benzene rings is 4. The second kappa shape index (κ2) is 5.90. The van der Waals surface area contributed by atoms with Crippen molar-refractivity contribution in [2.24, 2.45) is 0 Å². The summed E-state index contributed by atoms with van der Waals surface area (Å²) >= 11 is 6.47. The van der Waals surface area contributed by atoms with Crippen LogP contribution in [0.1, 0.15) is 47.2 Å². The zero-order chi connectivity index (χ0) is 20.7. The first-order valence-electron chi connectivity index (χ1n) is 10.4. The van der Waals surface area contributed by atoms with Gasteiger partial charge in [-0.3, -0.25) is 0 Å². The lowest BCUT2D eigenvalue weighted by molar-refractivity contribution is 0.563. The summed E-state index contributed by atoms with van der Waals surface area (Å²) in [5.74, 6) is 0.